The first-order valence-corrected chi connectivity index (χ1v) is 6.47. The summed E-state index contributed by atoms with van der Waals surface area (Å²) in [7, 11) is 0. The average Bonchev–Trinajstić information content (AvgIpc) is 2.93. The topological polar surface area (TPSA) is 59.2 Å². The lowest BCUT2D eigenvalue weighted by molar-refractivity contribution is 0.171. The molecule has 5 nitrogen and oxygen atoms in total. The maximum absolute atomic E-state index is 6.24. The highest BCUT2D eigenvalue weighted by Crippen LogP contribution is 2.38. The smallest absolute Gasteiger partial charge is 0.163 e. The zero-order valence-corrected chi connectivity index (χ0v) is 11.2. The Balaban J connectivity index is 1.84. The van der Waals surface area contributed by atoms with Crippen LogP contribution in [0.1, 0.15) is 18.7 Å². The predicted octanol–water partition coefficient (Wildman–Crippen LogP) is 3.01. The van der Waals surface area contributed by atoms with Crippen molar-refractivity contribution >= 4 is 17.3 Å². The number of hydrogen-bond donors (Lipinski definition) is 2. The molecule has 6 heteroatoms. The van der Waals surface area contributed by atoms with Gasteiger partial charge in [0.1, 0.15) is 13.2 Å². The molecule has 0 aliphatic carbocycles. The van der Waals surface area contributed by atoms with Crippen molar-refractivity contribution in [1.29, 1.82) is 0 Å². The van der Waals surface area contributed by atoms with E-state index in [1.54, 1.807) is 12.3 Å². The van der Waals surface area contributed by atoms with Crippen molar-refractivity contribution in [3.63, 3.8) is 0 Å². The van der Waals surface area contributed by atoms with Crippen LogP contribution in [-0.4, -0.2) is 23.4 Å². The molecule has 0 saturated carbocycles. The van der Waals surface area contributed by atoms with Crippen LogP contribution >= 0.6 is 11.6 Å². The van der Waals surface area contributed by atoms with Crippen molar-refractivity contribution in [2.24, 2.45) is 0 Å². The predicted molar refractivity (Wildman–Crippen MR) is 73.1 cm³/mol. The molecule has 1 aliphatic heterocycles. The van der Waals surface area contributed by atoms with Crippen LogP contribution in [-0.2, 0) is 0 Å². The highest BCUT2D eigenvalue weighted by Gasteiger charge is 2.16. The van der Waals surface area contributed by atoms with Gasteiger partial charge in [0.2, 0.25) is 0 Å². The summed E-state index contributed by atoms with van der Waals surface area (Å²) in [5.41, 5.74) is 1.80. The van der Waals surface area contributed by atoms with Gasteiger partial charge in [-0.3, -0.25) is 5.10 Å². The molecule has 19 heavy (non-hydrogen) atoms. The van der Waals surface area contributed by atoms with E-state index in [0.29, 0.717) is 24.0 Å². The van der Waals surface area contributed by atoms with Crippen LogP contribution in [0.5, 0.6) is 11.5 Å². The second-order valence-corrected chi connectivity index (χ2v) is 4.76. The summed E-state index contributed by atoms with van der Waals surface area (Å²) in [4.78, 5) is 0. The number of H-pyrrole nitrogens is 1. The van der Waals surface area contributed by atoms with Gasteiger partial charge >= 0.3 is 0 Å². The summed E-state index contributed by atoms with van der Waals surface area (Å²) in [6.45, 7) is 3.14. The summed E-state index contributed by atoms with van der Waals surface area (Å²) < 4.78 is 11.0. The van der Waals surface area contributed by atoms with Crippen molar-refractivity contribution in [3.05, 3.63) is 35.1 Å². The van der Waals surface area contributed by atoms with Crippen molar-refractivity contribution in [3.8, 4) is 11.5 Å². The number of benzene rings is 1. The lowest BCUT2D eigenvalue weighted by atomic mass is 10.2. The van der Waals surface area contributed by atoms with E-state index in [2.05, 4.69) is 15.5 Å². The minimum absolute atomic E-state index is 0.0718. The van der Waals surface area contributed by atoms with Crippen molar-refractivity contribution < 1.29 is 9.47 Å². The molecule has 1 aromatic carbocycles. The molecular weight excluding hydrogens is 266 g/mol. The van der Waals surface area contributed by atoms with Gasteiger partial charge in [0.15, 0.2) is 11.5 Å². The van der Waals surface area contributed by atoms with Crippen LogP contribution in [0, 0.1) is 0 Å². The molecule has 0 spiro atoms. The van der Waals surface area contributed by atoms with Crippen molar-refractivity contribution in [2.45, 2.75) is 13.0 Å². The van der Waals surface area contributed by atoms with Gasteiger partial charge in [-0.15, -0.1) is 0 Å². The van der Waals surface area contributed by atoms with Crippen LogP contribution in [0.3, 0.4) is 0 Å². The SMILES string of the molecule is CC(Nc1cc2c(cc1Cl)OCCO2)c1ccn[nH]1. The lowest BCUT2D eigenvalue weighted by Crippen LogP contribution is -2.16. The maximum Gasteiger partial charge on any atom is 0.163 e. The molecule has 2 heterocycles. The standard InChI is InChI=1S/C13H14ClN3O2/c1-8(10-2-3-15-17-10)16-11-7-13-12(6-9(11)14)18-4-5-19-13/h2-3,6-8,16H,4-5H2,1H3,(H,15,17). The molecule has 1 unspecified atom stereocenters. The van der Waals surface area contributed by atoms with Crippen LogP contribution < -0.4 is 14.8 Å². The maximum atomic E-state index is 6.24. The number of aromatic amines is 1. The van der Waals surface area contributed by atoms with E-state index in [9.17, 15) is 0 Å². The lowest BCUT2D eigenvalue weighted by Gasteiger charge is -2.21. The molecule has 0 amide bonds. The zero-order valence-electron chi connectivity index (χ0n) is 10.4. The Morgan fingerprint density at radius 1 is 1.32 bits per heavy atom. The molecule has 1 aliphatic rings. The number of ether oxygens (including phenoxy) is 2. The normalized spacial score (nSPS) is 15.1. The highest BCUT2D eigenvalue weighted by molar-refractivity contribution is 6.33. The van der Waals surface area contributed by atoms with Gasteiger partial charge < -0.3 is 14.8 Å². The molecule has 3 rings (SSSR count). The molecule has 0 fully saturated rings. The Kier molecular flexibility index (Phi) is 3.21. The van der Waals surface area contributed by atoms with Gasteiger partial charge in [-0.25, -0.2) is 0 Å². The quantitative estimate of drug-likeness (QED) is 0.907. The molecule has 0 saturated heterocycles. The fourth-order valence-electron chi connectivity index (χ4n) is 1.99. The molecule has 1 atom stereocenters. The van der Waals surface area contributed by atoms with E-state index in [4.69, 9.17) is 21.1 Å². The van der Waals surface area contributed by atoms with Gasteiger partial charge in [0.05, 0.1) is 22.4 Å². The third-order valence-electron chi connectivity index (χ3n) is 2.99. The number of rotatable bonds is 3. The fraction of sp³-hybridized carbons (Fsp3) is 0.308. The van der Waals surface area contributed by atoms with Gasteiger partial charge in [0.25, 0.3) is 0 Å². The third kappa shape index (κ3) is 2.46. The van der Waals surface area contributed by atoms with E-state index in [1.165, 1.54) is 0 Å². The Bertz CT molecular complexity index is 572. The van der Waals surface area contributed by atoms with Gasteiger partial charge in [-0.1, -0.05) is 11.6 Å². The molecule has 0 radical (unpaired) electrons. The Hall–Kier alpha value is -1.88. The van der Waals surface area contributed by atoms with Crippen LogP contribution in [0.15, 0.2) is 24.4 Å². The fourth-order valence-corrected chi connectivity index (χ4v) is 2.20. The summed E-state index contributed by atoms with van der Waals surface area (Å²) in [6, 6.07) is 5.63. The number of nitrogens with one attached hydrogen (secondary N) is 2. The molecular formula is C13H14ClN3O2. The Labute approximate surface area is 115 Å². The molecule has 2 aromatic rings. The molecule has 1 aromatic heterocycles. The summed E-state index contributed by atoms with van der Waals surface area (Å²) in [5.74, 6) is 1.41. The minimum Gasteiger partial charge on any atom is -0.486 e. The van der Waals surface area contributed by atoms with Crippen LogP contribution in [0.2, 0.25) is 5.02 Å². The van der Waals surface area contributed by atoms with Crippen LogP contribution in [0.4, 0.5) is 5.69 Å². The highest BCUT2D eigenvalue weighted by atomic mass is 35.5. The van der Waals surface area contributed by atoms with E-state index in [0.717, 1.165) is 17.1 Å². The second-order valence-electron chi connectivity index (χ2n) is 4.35. The zero-order chi connectivity index (χ0) is 13.2. The van der Waals surface area contributed by atoms with Crippen molar-refractivity contribution in [2.75, 3.05) is 18.5 Å². The first-order chi connectivity index (χ1) is 9.24. The van der Waals surface area contributed by atoms with Gasteiger partial charge in [-0.05, 0) is 13.0 Å². The van der Waals surface area contributed by atoms with E-state index < -0.39 is 0 Å². The Morgan fingerprint density at radius 3 is 2.74 bits per heavy atom. The third-order valence-corrected chi connectivity index (χ3v) is 3.31. The molecule has 2 N–H and O–H groups in total. The largest absolute Gasteiger partial charge is 0.486 e. The van der Waals surface area contributed by atoms with E-state index in [-0.39, 0.29) is 6.04 Å². The van der Waals surface area contributed by atoms with E-state index >= 15 is 0 Å². The summed E-state index contributed by atoms with van der Waals surface area (Å²) >= 11 is 6.24. The second kappa shape index (κ2) is 5.01. The number of anilines is 1. The van der Waals surface area contributed by atoms with E-state index in [1.807, 2.05) is 19.1 Å². The van der Waals surface area contributed by atoms with Gasteiger partial charge in [-0.2, -0.15) is 5.10 Å². The number of nitrogens with zero attached hydrogens (tertiary/aromatic N) is 1. The molecule has 100 valence electrons. The Morgan fingerprint density at radius 2 is 2.05 bits per heavy atom. The first kappa shape index (κ1) is 12.2. The molecule has 0 bridgehead atoms. The minimum atomic E-state index is 0.0718. The van der Waals surface area contributed by atoms with Crippen LogP contribution in [0.25, 0.3) is 0 Å². The number of aromatic nitrogens is 2. The summed E-state index contributed by atoms with van der Waals surface area (Å²) in [5, 5.41) is 10.8. The van der Waals surface area contributed by atoms with Gasteiger partial charge in [0, 0.05) is 18.3 Å². The average molecular weight is 280 g/mol. The number of halogens is 1. The number of hydrogen-bond acceptors (Lipinski definition) is 4. The first-order valence-electron chi connectivity index (χ1n) is 6.09. The number of fused-ring (bicyclic) bond motifs is 1. The van der Waals surface area contributed by atoms with Crippen molar-refractivity contribution in [1.82, 2.24) is 10.2 Å². The monoisotopic (exact) mass is 279 g/mol. The summed E-state index contributed by atoms with van der Waals surface area (Å²) in [6.07, 6.45) is 1.72.